The molecule has 0 fully saturated rings. The normalized spacial score (nSPS) is 12.5. The molecule has 0 aromatic heterocycles. The van der Waals surface area contributed by atoms with E-state index in [1.165, 1.54) is 37.4 Å². The highest BCUT2D eigenvalue weighted by Crippen LogP contribution is 2.23. The van der Waals surface area contributed by atoms with Gasteiger partial charge in [-0.15, -0.1) is 13.2 Å². The molecule has 134 valence electrons. The van der Waals surface area contributed by atoms with Gasteiger partial charge in [0, 0.05) is 19.2 Å². The van der Waals surface area contributed by atoms with Gasteiger partial charge in [0.05, 0.1) is 6.10 Å². The number of hydrogen-bond acceptors (Lipinski definition) is 3. The van der Waals surface area contributed by atoms with Crippen LogP contribution in [0.1, 0.15) is 22.0 Å². The number of halogens is 4. The number of carbonyl (C=O) groups is 1. The second kappa shape index (κ2) is 7.98. The molecule has 1 N–H and O–H groups in total. The van der Waals surface area contributed by atoms with E-state index in [0.717, 1.165) is 12.1 Å². The van der Waals surface area contributed by atoms with Gasteiger partial charge >= 0.3 is 6.36 Å². The Balaban J connectivity index is 1.97. The molecule has 0 heterocycles. The van der Waals surface area contributed by atoms with Crippen LogP contribution in [-0.2, 0) is 4.74 Å². The van der Waals surface area contributed by atoms with Gasteiger partial charge in [-0.1, -0.05) is 12.1 Å². The molecule has 2 rings (SSSR count). The predicted molar refractivity (Wildman–Crippen MR) is 81.6 cm³/mol. The first-order chi connectivity index (χ1) is 11.8. The van der Waals surface area contributed by atoms with Crippen LogP contribution in [0.5, 0.6) is 5.75 Å². The first kappa shape index (κ1) is 18.7. The van der Waals surface area contributed by atoms with Crippen LogP contribution in [0.4, 0.5) is 17.6 Å². The van der Waals surface area contributed by atoms with Crippen molar-refractivity contribution in [3.05, 3.63) is 65.5 Å². The Morgan fingerprint density at radius 3 is 2.40 bits per heavy atom. The number of methoxy groups -OCH3 is 1. The summed E-state index contributed by atoms with van der Waals surface area (Å²) in [6.07, 6.45) is -5.35. The van der Waals surface area contributed by atoms with Gasteiger partial charge in [0.15, 0.2) is 0 Å². The highest BCUT2D eigenvalue weighted by atomic mass is 19.4. The molecule has 4 nitrogen and oxygen atoms in total. The molecule has 0 radical (unpaired) electrons. The van der Waals surface area contributed by atoms with Crippen molar-refractivity contribution in [1.29, 1.82) is 0 Å². The SMILES string of the molecule is CO[C@@H](CNC(=O)c1ccc(OC(F)(F)F)cc1)c1cccc(F)c1. The monoisotopic (exact) mass is 357 g/mol. The molecule has 0 aliphatic carbocycles. The standard InChI is InChI=1S/C17H15F4NO3/c1-24-15(12-3-2-4-13(18)9-12)10-22-16(23)11-5-7-14(8-6-11)25-17(19,20)21/h2-9,15H,10H2,1H3,(H,22,23)/t15-/m0/s1. The van der Waals surface area contributed by atoms with E-state index in [9.17, 15) is 22.4 Å². The minimum absolute atomic E-state index is 0.0690. The molecule has 0 aliphatic rings. The fourth-order valence-electron chi connectivity index (χ4n) is 2.14. The number of hydrogen-bond donors (Lipinski definition) is 1. The van der Waals surface area contributed by atoms with Gasteiger partial charge in [-0.05, 0) is 42.0 Å². The smallest absolute Gasteiger partial charge is 0.406 e. The number of alkyl halides is 3. The maximum atomic E-state index is 13.2. The minimum atomic E-state index is -4.79. The zero-order chi connectivity index (χ0) is 18.4. The summed E-state index contributed by atoms with van der Waals surface area (Å²) in [6.45, 7) is 0.0690. The van der Waals surface area contributed by atoms with E-state index in [1.54, 1.807) is 6.07 Å². The van der Waals surface area contributed by atoms with E-state index in [4.69, 9.17) is 4.74 Å². The third kappa shape index (κ3) is 5.75. The lowest BCUT2D eigenvalue weighted by Gasteiger charge is -2.17. The van der Waals surface area contributed by atoms with Crippen LogP contribution in [-0.4, -0.2) is 25.9 Å². The maximum Gasteiger partial charge on any atom is 0.573 e. The number of benzene rings is 2. The van der Waals surface area contributed by atoms with Crippen molar-refractivity contribution in [2.75, 3.05) is 13.7 Å². The molecule has 0 aliphatic heterocycles. The van der Waals surface area contributed by atoms with E-state index in [1.807, 2.05) is 0 Å². The Kier molecular flexibility index (Phi) is 5.97. The molecule has 25 heavy (non-hydrogen) atoms. The summed E-state index contributed by atoms with van der Waals surface area (Å²) in [5.74, 6) is -1.35. The Morgan fingerprint density at radius 1 is 1.16 bits per heavy atom. The van der Waals surface area contributed by atoms with Crippen LogP contribution in [0.15, 0.2) is 48.5 Å². The van der Waals surface area contributed by atoms with E-state index in [0.29, 0.717) is 5.56 Å². The first-order valence-corrected chi connectivity index (χ1v) is 7.21. The van der Waals surface area contributed by atoms with Crippen molar-refractivity contribution < 1.29 is 31.8 Å². The van der Waals surface area contributed by atoms with Crippen molar-refractivity contribution in [3.8, 4) is 5.75 Å². The van der Waals surface area contributed by atoms with Crippen molar-refractivity contribution in [2.45, 2.75) is 12.5 Å². The summed E-state index contributed by atoms with van der Waals surface area (Å²) in [5, 5.41) is 2.59. The minimum Gasteiger partial charge on any atom is -0.406 e. The third-order valence-electron chi connectivity index (χ3n) is 3.30. The van der Waals surface area contributed by atoms with Gasteiger partial charge in [-0.25, -0.2) is 4.39 Å². The molecular weight excluding hydrogens is 342 g/mol. The Bertz CT molecular complexity index is 717. The lowest BCUT2D eigenvalue weighted by atomic mass is 10.1. The molecular formula is C17H15F4NO3. The summed E-state index contributed by atoms with van der Waals surface area (Å²) in [4.78, 5) is 12.1. The number of ether oxygens (including phenoxy) is 2. The second-order valence-electron chi connectivity index (χ2n) is 5.06. The second-order valence-corrected chi connectivity index (χ2v) is 5.06. The Hall–Kier alpha value is -2.61. The lowest BCUT2D eigenvalue weighted by molar-refractivity contribution is -0.274. The molecule has 0 saturated heterocycles. The summed E-state index contributed by atoms with van der Waals surface area (Å²) >= 11 is 0. The molecule has 0 saturated carbocycles. The fourth-order valence-corrected chi connectivity index (χ4v) is 2.14. The van der Waals surface area contributed by atoms with Crippen molar-refractivity contribution in [1.82, 2.24) is 5.32 Å². The van der Waals surface area contributed by atoms with Crippen molar-refractivity contribution in [2.24, 2.45) is 0 Å². The number of amides is 1. The summed E-state index contributed by atoms with van der Waals surface area (Å²) in [7, 11) is 1.42. The highest BCUT2D eigenvalue weighted by Gasteiger charge is 2.31. The van der Waals surface area contributed by atoms with Crippen LogP contribution in [0.25, 0.3) is 0 Å². The number of carbonyl (C=O) groups excluding carboxylic acids is 1. The average molecular weight is 357 g/mol. The van der Waals surface area contributed by atoms with Gasteiger partial charge in [0.2, 0.25) is 0 Å². The number of rotatable bonds is 6. The average Bonchev–Trinajstić information content (AvgIpc) is 2.54. The zero-order valence-corrected chi connectivity index (χ0v) is 13.1. The van der Waals surface area contributed by atoms with Crippen molar-refractivity contribution in [3.63, 3.8) is 0 Å². The van der Waals surface area contributed by atoms with E-state index >= 15 is 0 Å². The summed E-state index contributed by atoms with van der Waals surface area (Å²) in [5.41, 5.74) is 0.709. The van der Waals surface area contributed by atoms with Crippen LogP contribution >= 0.6 is 0 Å². The largest absolute Gasteiger partial charge is 0.573 e. The van der Waals surface area contributed by atoms with Crippen LogP contribution in [0.2, 0.25) is 0 Å². The van der Waals surface area contributed by atoms with Crippen LogP contribution in [0, 0.1) is 5.82 Å². The molecule has 0 spiro atoms. The molecule has 1 amide bonds. The maximum absolute atomic E-state index is 13.2. The van der Waals surface area contributed by atoms with Gasteiger partial charge in [0.25, 0.3) is 5.91 Å². The van der Waals surface area contributed by atoms with Crippen molar-refractivity contribution >= 4 is 5.91 Å². The van der Waals surface area contributed by atoms with E-state index in [-0.39, 0.29) is 12.1 Å². The predicted octanol–water partition coefficient (Wildman–Crippen LogP) is 3.84. The molecule has 2 aromatic rings. The van der Waals surface area contributed by atoms with Gasteiger partial charge in [-0.2, -0.15) is 0 Å². The Morgan fingerprint density at radius 2 is 1.84 bits per heavy atom. The first-order valence-electron chi connectivity index (χ1n) is 7.21. The molecule has 8 heteroatoms. The fraction of sp³-hybridized carbons (Fsp3) is 0.235. The van der Waals surface area contributed by atoms with Crippen LogP contribution in [0.3, 0.4) is 0 Å². The Labute approximate surface area is 141 Å². The summed E-state index contributed by atoms with van der Waals surface area (Å²) < 4.78 is 58.5. The molecule has 0 bridgehead atoms. The van der Waals surface area contributed by atoms with Gasteiger partial charge in [0.1, 0.15) is 11.6 Å². The van der Waals surface area contributed by atoms with E-state index < -0.39 is 29.9 Å². The lowest BCUT2D eigenvalue weighted by Crippen LogP contribution is -2.29. The van der Waals surface area contributed by atoms with Crippen LogP contribution < -0.4 is 10.1 Å². The number of nitrogens with one attached hydrogen (secondary N) is 1. The molecule has 1 atom stereocenters. The summed E-state index contributed by atoms with van der Waals surface area (Å²) in [6, 6.07) is 10.3. The van der Waals surface area contributed by atoms with E-state index in [2.05, 4.69) is 10.1 Å². The highest BCUT2D eigenvalue weighted by molar-refractivity contribution is 5.94. The third-order valence-corrected chi connectivity index (χ3v) is 3.30. The topological polar surface area (TPSA) is 47.6 Å². The van der Waals surface area contributed by atoms with Gasteiger partial charge in [-0.3, -0.25) is 4.79 Å². The zero-order valence-electron chi connectivity index (χ0n) is 13.1. The quantitative estimate of drug-likeness (QED) is 0.799. The molecule has 0 unspecified atom stereocenters. The van der Waals surface area contributed by atoms with Gasteiger partial charge < -0.3 is 14.8 Å². The molecule has 2 aromatic carbocycles.